The summed E-state index contributed by atoms with van der Waals surface area (Å²) in [6.07, 6.45) is 0. The van der Waals surface area contributed by atoms with E-state index in [9.17, 15) is 0 Å². The van der Waals surface area contributed by atoms with Crippen LogP contribution in [0.1, 0.15) is 33.4 Å². The van der Waals surface area contributed by atoms with Crippen LogP contribution in [0.2, 0.25) is 0 Å². The zero-order valence-corrected chi connectivity index (χ0v) is 26.3. The van der Waals surface area contributed by atoms with Crippen molar-refractivity contribution in [2.24, 2.45) is 0 Å². The molecule has 5 aromatic carbocycles. The second kappa shape index (κ2) is 10.9. The number of rotatable bonds is 4. The highest BCUT2D eigenvalue weighted by Gasteiger charge is 2.18. The number of hydrogen-bond acceptors (Lipinski definition) is 2. The highest BCUT2D eigenvalue weighted by atomic mass is 14.8. The normalized spacial score (nSPS) is 11.4. The third-order valence-corrected chi connectivity index (χ3v) is 9.37. The van der Waals surface area contributed by atoms with Crippen LogP contribution in [-0.4, -0.2) is 9.97 Å². The molecule has 0 saturated heterocycles. The summed E-state index contributed by atoms with van der Waals surface area (Å²) in [7, 11) is 0. The molecule has 7 rings (SSSR count). The van der Waals surface area contributed by atoms with Gasteiger partial charge in [-0.15, -0.1) is 0 Å². The lowest BCUT2D eigenvalue weighted by Crippen LogP contribution is -1.97. The summed E-state index contributed by atoms with van der Waals surface area (Å²) in [4.78, 5) is 10.9. The molecular weight excluding hydrogens is 532 g/mol. The summed E-state index contributed by atoms with van der Waals surface area (Å²) in [5.74, 6) is 0. The van der Waals surface area contributed by atoms with Crippen molar-refractivity contribution in [1.29, 1.82) is 0 Å². The van der Waals surface area contributed by atoms with Crippen molar-refractivity contribution in [3.05, 3.63) is 143 Å². The lowest BCUT2D eigenvalue weighted by molar-refractivity contribution is 1.25. The van der Waals surface area contributed by atoms with E-state index in [2.05, 4.69) is 151 Å². The van der Waals surface area contributed by atoms with E-state index in [-0.39, 0.29) is 0 Å². The van der Waals surface area contributed by atoms with Crippen LogP contribution in [0.3, 0.4) is 0 Å². The van der Waals surface area contributed by atoms with Crippen LogP contribution in [0.15, 0.2) is 109 Å². The van der Waals surface area contributed by atoms with Gasteiger partial charge in [-0.3, -0.25) is 0 Å². The number of aryl methyl sites for hydroxylation is 4. The van der Waals surface area contributed by atoms with Crippen LogP contribution < -0.4 is 0 Å². The lowest BCUT2D eigenvalue weighted by Gasteiger charge is -2.17. The van der Waals surface area contributed by atoms with Gasteiger partial charge in [0.15, 0.2) is 0 Å². The summed E-state index contributed by atoms with van der Waals surface area (Å²) < 4.78 is 0. The van der Waals surface area contributed by atoms with Crippen molar-refractivity contribution in [1.82, 2.24) is 9.97 Å². The summed E-state index contributed by atoms with van der Waals surface area (Å²) >= 11 is 0. The van der Waals surface area contributed by atoms with Crippen molar-refractivity contribution in [3.8, 4) is 44.8 Å². The Kier molecular flexibility index (Phi) is 6.86. The first-order valence-corrected chi connectivity index (χ1v) is 15.3. The number of fused-ring (bicyclic) bond motifs is 3. The molecule has 0 saturated carbocycles. The zero-order chi connectivity index (χ0) is 30.5. The van der Waals surface area contributed by atoms with Crippen LogP contribution in [-0.2, 0) is 0 Å². The van der Waals surface area contributed by atoms with Gasteiger partial charge in [-0.2, -0.15) is 0 Å². The molecule has 0 fully saturated rings. The van der Waals surface area contributed by atoms with Gasteiger partial charge in [-0.25, -0.2) is 9.97 Å². The Morgan fingerprint density at radius 3 is 1.05 bits per heavy atom. The van der Waals surface area contributed by atoms with Gasteiger partial charge < -0.3 is 0 Å². The SMILES string of the molecule is Cc1cc(-c2cc(-c3ccccc3)c3ccc4c(-c5ccccc5)cc(-c5cc(C)c(C)c(C)c5)nc4c3n2)cc(C)c1C. The monoisotopic (exact) mass is 568 g/mol. The minimum absolute atomic E-state index is 0.925. The molecule has 0 radical (unpaired) electrons. The topological polar surface area (TPSA) is 25.8 Å². The fraction of sp³-hybridized carbons (Fsp3) is 0.143. The van der Waals surface area contributed by atoms with Gasteiger partial charge in [0.2, 0.25) is 0 Å². The van der Waals surface area contributed by atoms with Crippen molar-refractivity contribution >= 4 is 21.8 Å². The molecule has 0 aliphatic carbocycles. The number of pyridine rings is 2. The van der Waals surface area contributed by atoms with Gasteiger partial charge in [0.1, 0.15) is 0 Å². The maximum atomic E-state index is 5.43. The average molecular weight is 569 g/mol. The van der Waals surface area contributed by atoms with E-state index in [0.29, 0.717) is 0 Å². The molecule has 0 unspecified atom stereocenters. The van der Waals surface area contributed by atoms with E-state index < -0.39 is 0 Å². The highest BCUT2D eigenvalue weighted by molar-refractivity contribution is 6.13. The van der Waals surface area contributed by atoms with Crippen molar-refractivity contribution < 1.29 is 0 Å². The van der Waals surface area contributed by atoms with Crippen LogP contribution in [0.4, 0.5) is 0 Å². The zero-order valence-electron chi connectivity index (χ0n) is 26.3. The summed E-state index contributed by atoms with van der Waals surface area (Å²) in [6, 6.07) is 39.3. The summed E-state index contributed by atoms with van der Waals surface area (Å²) in [6.45, 7) is 13.1. The molecule has 2 heteroatoms. The van der Waals surface area contributed by atoms with E-state index in [1.54, 1.807) is 0 Å². The quantitative estimate of drug-likeness (QED) is 0.197. The Morgan fingerprint density at radius 2 is 0.705 bits per heavy atom. The molecule has 0 spiro atoms. The predicted molar refractivity (Wildman–Crippen MR) is 187 cm³/mol. The van der Waals surface area contributed by atoms with Gasteiger partial charge >= 0.3 is 0 Å². The Balaban J connectivity index is 1.62. The molecular formula is C42H36N2. The van der Waals surface area contributed by atoms with Crippen LogP contribution in [0.25, 0.3) is 66.6 Å². The molecule has 0 atom stereocenters. The molecule has 44 heavy (non-hydrogen) atoms. The number of nitrogens with zero attached hydrogens (tertiary/aromatic N) is 2. The standard InChI is InChI=1S/C42H36N2/c1-25-19-33(20-26(2)29(25)5)39-23-37(31-13-9-7-10-14-31)35-17-18-36-38(32-15-11-8-12-16-32)24-40(44-42(36)41(35)43-39)34-21-27(3)30(6)28(4)22-34/h7-24H,1-6H3. The summed E-state index contributed by atoms with van der Waals surface area (Å²) in [5, 5.41) is 2.21. The molecule has 0 N–H and O–H groups in total. The molecule has 2 heterocycles. The van der Waals surface area contributed by atoms with E-state index >= 15 is 0 Å². The van der Waals surface area contributed by atoms with Crippen LogP contribution in [0.5, 0.6) is 0 Å². The second-order valence-corrected chi connectivity index (χ2v) is 12.2. The van der Waals surface area contributed by atoms with Gasteiger partial charge in [-0.1, -0.05) is 72.8 Å². The molecule has 0 aliphatic rings. The molecule has 0 aliphatic heterocycles. The third kappa shape index (κ3) is 4.77. The fourth-order valence-electron chi connectivity index (χ4n) is 6.35. The van der Waals surface area contributed by atoms with Gasteiger partial charge in [0, 0.05) is 21.9 Å². The largest absolute Gasteiger partial charge is 0.245 e. The van der Waals surface area contributed by atoms with E-state index in [1.807, 2.05) is 0 Å². The molecule has 2 nitrogen and oxygen atoms in total. The van der Waals surface area contributed by atoms with Gasteiger partial charge in [0.25, 0.3) is 0 Å². The van der Waals surface area contributed by atoms with E-state index in [1.165, 1.54) is 55.6 Å². The van der Waals surface area contributed by atoms with Crippen LogP contribution >= 0.6 is 0 Å². The minimum atomic E-state index is 0.925. The predicted octanol–water partition coefficient (Wildman–Crippen LogP) is 11.3. The summed E-state index contributed by atoms with van der Waals surface area (Å²) in [5.41, 5.74) is 18.5. The van der Waals surface area contributed by atoms with Crippen molar-refractivity contribution in [3.63, 3.8) is 0 Å². The first-order valence-electron chi connectivity index (χ1n) is 15.3. The Morgan fingerprint density at radius 1 is 0.364 bits per heavy atom. The third-order valence-electron chi connectivity index (χ3n) is 9.37. The first kappa shape index (κ1) is 27.7. The smallest absolute Gasteiger partial charge is 0.0978 e. The minimum Gasteiger partial charge on any atom is -0.245 e. The van der Waals surface area contributed by atoms with Gasteiger partial charge in [-0.05, 0) is 134 Å². The van der Waals surface area contributed by atoms with Crippen molar-refractivity contribution in [2.45, 2.75) is 41.5 Å². The Labute approximate surface area is 260 Å². The molecule has 0 bridgehead atoms. The molecule has 0 amide bonds. The van der Waals surface area contributed by atoms with Gasteiger partial charge in [0.05, 0.1) is 22.4 Å². The Hall–Kier alpha value is -5.08. The lowest BCUT2D eigenvalue weighted by atomic mass is 9.92. The molecule has 2 aromatic heterocycles. The number of aromatic nitrogens is 2. The average Bonchev–Trinajstić information content (AvgIpc) is 3.05. The Bertz CT molecular complexity index is 2000. The first-order chi connectivity index (χ1) is 21.3. The van der Waals surface area contributed by atoms with Crippen LogP contribution in [0, 0.1) is 41.5 Å². The van der Waals surface area contributed by atoms with Crippen molar-refractivity contribution in [2.75, 3.05) is 0 Å². The van der Waals surface area contributed by atoms with E-state index in [0.717, 1.165) is 44.3 Å². The maximum absolute atomic E-state index is 5.43. The highest BCUT2D eigenvalue weighted by Crippen LogP contribution is 2.40. The fourth-order valence-corrected chi connectivity index (χ4v) is 6.35. The maximum Gasteiger partial charge on any atom is 0.0978 e. The molecule has 7 aromatic rings. The van der Waals surface area contributed by atoms with E-state index in [4.69, 9.17) is 9.97 Å². The second-order valence-electron chi connectivity index (χ2n) is 12.2. The molecule has 214 valence electrons. The number of benzene rings is 5. The number of hydrogen-bond donors (Lipinski definition) is 0.